The Morgan fingerprint density at radius 2 is 2.00 bits per heavy atom. The predicted octanol–water partition coefficient (Wildman–Crippen LogP) is 2.73. The molecule has 0 amide bonds. The van der Waals surface area contributed by atoms with Crippen molar-refractivity contribution in [2.24, 2.45) is 0 Å². The fourth-order valence-electron chi connectivity index (χ4n) is 1.20. The zero-order valence-electron chi connectivity index (χ0n) is 8.24. The summed E-state index contributed by atoms with van der Waals surface area (Å²) in [6.45, 7) is 1.73. The van der Waals surface area contributed by atoms with Gasteiger partial charge in [-0.15, -0.1) is 0 Å². The fraction of sp³-hybridized carbons (Fsp3) is 0.333. The lowest BCUT2D eigenvalue weighted by molar-refractivity contribution is -0.385. The van der Waals surface area contributed by atoms with E-state index in [4.69, 9.17) is 0 Å². The first kappa shape index (κ1) is 11.0. The first-order valence-corrected chi connectivity index (χ1v) is 4.85. The molecule has 1 aromatic carbocycles. The van der Waals surface area contributed by atoms with E-state index >= 15 is 0 Å². The van der Waals surface area contributed by atoms with Gasteiger partial charge in [-0.2, -0.15) is 0 Å². The molecule has 0 bridgehead atoms. The van der Waals surface area contributed by atoms with Crippen LogP contribution in [0.4, 0.5) is 11.4 Å². The number of halogens is 1. The van der Waals surface area contributed by atoms with Crippen LogP contribution >= 0.6 is 15.9 Å². The lowest BCUT2D eigenvalue weighted by Crippen LogP contribution is -2.10. The van der Waals surface area contributed by atoms with Gasteiger partial charge >= 0.3 is 0 Å². The van der Waals surface area contributed by atoms with Crippen molar-refractivity contribution >= 4 is 27.3 Å². The number of hydrogen-bond donors (Lipinski definition) is 0. The molecular weight excluding hydrogens is 248 g/mol. The monoisotopic (exact) mass is 258 g/mol. The van der Waals surface area contributed by atoms with Gasteiger partial charge in [0.25, 0.3) is 5.69 Å². The van der Waals surface area contributed by atoms with E-state index < -0.39 is 0 Å². The highest BCUT2D eigenvalue weighted by Crippen LogP contribution is 2.33. The van der Waals surface area contributed by atoms with Crippen LogP contribution in [0.15, 0.2) is 16.6 Å². The topological polar surface area (TPSA) is 46.4 Å². The van der Waals surface area contributed by atoms with E-state index in [1.807, 2.05) is 19.0 Å². The first-order chi connectivity index (χ1) is 6.45. The molecule has 0 unspecified atom stereocenters. The Labute approximate surface area is 90.8 Å². The minimum atomic E-state index is -0.375. The van der Waals surface area contributed by atoms with Crippen molar-refractivity contribution in [1.82, 2.24) is 0 Å². The van der Waals surface area contributed by atoms with E-state index in [1.54, 1.807) is 13.0 Å². The second kappa shape index (κ2) is 3.96. The van der Waals surface area contributed by atoms with Gasteiger partial charge in [-0.3, -0.25) is 10.1 Å². The van der Waals surface area contributed by atoms with Crippen LogP contribution in [0.5, 0.6) is 0 Å². The van der Waals surface area contributed by atoms with E-state index in [2.05, 4.69) is 15.9 Å². The molecule has 0 aromatic heterocycles. The Bertz CT molecular complexity index is 377. The molecule has 1 aromatic rings. The van der Waals surface area contributed by atoms with Gasteiger partial charge in [0.2, 0.25) is 0 Å². The third-order valence-corrected chi connectivity index (χ3v) is 3.02. The molecule has 0 N–H and O–H groups in total. The van der Waals surface area contributed by atoms with E-state index in [-0.39, 0.29) is 10.6 Å². The lowest BCUT2D eigenvalue weighted by atomic mass is 10.2. The zero-order chi connectivity index (χ0) is 10.9. The van der Waals surface area contributed by atoms with Gasteiger partial charge in [-0.25, -0.2) is 0 Å². The van der Waals surface area contributed by atoms with Gasteiger partial charge < -0.3 is 4.90 Å². The third-order valence-electron chi connectivity index (χ3n) is 2.02. The van der Waals surface area contributed by atoms with E-state index in [0.717, 1.165) is 10.2 Å². The standard InChI is InChI=1S/C9H11BrN2O2/c1-6-7(12(13)14)4-5-8(9(6)10)11(2)3/h4-5H,1-3H3. The highest BCUT2D eigenvalue weighted by atomic mass is 79.9. The Morgan fingerprint density at radius 3 is 2.43 bits per heavy atom. The maximum Gasteiger partial charge on any atom is 0.273 e. The minimum absolute atomic E-state index is 0.141. The molecule has 0 saturated heterocycles. The molecule has 5 heteroatoms. The quantitative estimate of drug-likeness (QED) is 0.606. The molecular formula is C9H11BrN2O2. The molecule has 14 heavy (non-hydrogen) atoms. The molecule has 0 spiro atoms. The molecule has 0 aliphatic carbocycles. The fourth-order valence-corrected chi connectivity index (χ4v) is 1.89. The summed E-state index contributed by atoms with van der Waals surface area (Å²) in [6, 6.07) is 3.25. The molecule has 0 radical (unpaired) electrons. The molecule has 0 saturated carbocycles. The smallest absolute Gasteiger partial charge is 0.273 e. The lowest BCUT2D eigenvalue weighted by Gasteiger charge is -2.15. The minimum Gasteiger partial charge on any atom is -0.377 e. The molecule has 0 aliphatic heterocycles. The SMILES string of the molecule is Cc1c([N+](=O)[O-])ccc(N(C)C)c1Br. The van der Waals surface area contributed by atoms with Gasteiger partial charge in [0, 0.05) is 25.7 Å². The molecule has 0 heterocycles. The summed E-state index contributed by atoms with van der Waals surface area (Å²) in [7, 11) is 3.79. The summed E-state index contributed by atoms with van der Waals surface area (Å²) in [5, 5.41) is 10.6. The molecule has 0 aliphatic rings. The van der Waals surface area contributed by atoms with Crippen LogP contribution < -0.4 is 4.90 Å². The predicted molar refractivity (Wildman–Crippen MR) is 59.9 cm³/mol. The largest absolute Gasteiger partial charge is 0.377 e. The van der Waals surface area contributed by atoms with Crippen molar-refractivity contribution in [1.29, 1.82) is 0 Å². The van der Waals surface area contributed by atoms with Crippen LogP contribution in [0.1, 0.15) is 5.56 Å². The van der Waals surface area contributed by atoms with Crippen LogP contribution in [0.3, 0.4) is 0 Å². The van der Waals surface area contributed by atoms with E-state index in [9.17, 15) is 10.1 Å². The Hall–Kier alpha value is -1.10. The molecule has 1 rings (SSSR count). The second-order valence-electron chi connectivity index (χ2n) is 3.19. The second-order valence-corrected chi connectivity index (χ2v) is 3.99. The molecule has 0 atom stereocenters. The van der Waals surface area contributed by atoms with Gasteiger partial charge in [0.05, 0.1) is 15.1 Å². The van der Waals surface area contributed by atoms with Crippen LogP contribution in [0.2, 0.25) is 0 Å². The highest BCUT2D eigenvalue weighted by molar-refractivity contribution is 9.10. The zero-order valence-corrected chi connectivity index (χ0v) is 9.83. The van der Waals surface area contributed by atoms with Crippen molar-refractivity contribution in [2.75, 3.05) is 19.0 Å². The summed E-state index contributed by atoms with van der Waals surface area (Å²) < 4.78 is 0.775. The van der Waals surface area contributed by atoms with Crippen molar-refractivity contribution in [3.8, 4) is 0 Å². The maximum absolute atomic E-state index is 10.6. The van der Waals surface area contributed by atoms with E-state index in [1.165, 1.54) is 6.07 Å². The Morgan fingerprint density at radius 1 is 1.43 bits per heavy atom. The van der Waals surface area contributed by atoms with Gasteiger partial charge in [0.15, 0.2) is 0 Å². The average Bonchev–Trinajstić information content (AvgIpc) is 2.08. The number of nitro groups is 1. The van der Waals surface area contributed by atoms with Gasteiger partial charge in [-0.05, 0) is 28.9 Å². The third kappa shape index (κ3) is 1.87. The number of nitrogens with zero attached hydrogens (tertiary/aromatic N) is 2. The summed E-state index contributed by atoms with van der Waals surface area (Å²) >= 11 is 3.35. The van der Waals surface area contributed by atoms with Crippen LogP contribution in [-0.2, 0) is 0 Å². The number of anilines is 1. The molecule has 0 fully saturated rings. The normalized spacial score (nSPS) is 10.0. The number of rotatable bonds is 2. The van der Waals surface area contributed by atoms with Crippen molar-refractivity contribution in [2.45, 2.75) is 6.92 Å². The van der Waals surface area contributed by atoms with Gasteiger partial charge in [0.1, 0.15) is 0 Å². The van der Waals surface area contributed by atoms with Crippen LogP contribution in [-0.4, -0.2) is 19.0 Å². The maximum atomic E-state index is 10.6. The number of benzene rings is 1. The summed E-state index contributed by atoms with van der Waals surface area (Å²) in [4.78, 5) is 12.2. The Balaban J connectivity index is 3.33. The van der Waals surface area contributed by atoms with Crippen molar-refractivity contribution < 1.29 is 4.92 Å². The summed E-state index contributed by atoms with van der Waals surface area (Å²) in [5.74, 6) is 0. The van der Waals surface area contributed by atoms with E-state index in [0.29, 0.717) is 5.56 Å². The number of hydrogen-bond acceptors (Lipinski definition) is 3. The Kier molecular flexibility index (Phi) is 3.10. The average molecular weight is 259 g/mol. The number of nitro benzene ring substituents is 1. The molecule has 76 valence electrons. The van der Waals surface area contributed by atoms with Crippen molar-refractivity contribution in [3.05, 3.63) is 32.3 Å². The van der Waals surface area contributed by atoms with Gasteiger partial charge in [-0.1, -0.05) is 0 Å². The molecule has 4 nitrogen and oxygen atoms in total. The summed E-state index contributed by atoms with van der Waals surface area (Å²) in [6.07, 6.45) is 0. The van der Waals surface area contributed by atoms with Crippen LogP contribution in [0, 0.1) is 17.0 Å². The van der Waals surface area contributed by atoms with Crippen LogP contribution in [0.25, 0.3) is 0 Å². The highest BCUT2D eigenvalue weighted by Gasteiger charge is 2.16. The summed E-state index contributed by atoms with van der Waals surface area (Å²) in [5.41, 5.74) is 1.73. The van der Waals surface area contributed by atoms with Crippen molar-refractivity contribution in [3.63, 3.8) is 0 Å². The first-order valence-electron chi connectivity index (χ1n) is 4.06.